The Labute approximate surface area is 215 Å². The van der Waals surface area contributed by atoms with Crippen LogP contribution in [0.3, 0.4) is 0 Å². The van der Waals surface area contributed by atoms with Crippen molar-refractivity contribution in [1.29, 1.82) is 0 Å². The Morgan fingerprint density at radius 3 is 2.58 bits per heavy atom. The number of amides is 1. The number of carbonyl (C=O) groups excluding carboxylic acids is 1. The summed E-state index contributed by atoms with van der Waals surface area (Å²) in [7, 11) is -3.89. The van der Waals surface area contributed by atoms with Gasteiger partial charge in [0.05, 0.1) is 24.1 Å². The summed E-state index contributed by atoms with van der Waals surface area (Å²) in [4.78, 5) is 16.6. The molecule has 0 N–H and O–H groups in total. The first kappa shape index (κ1) is 24.8. The summed E-state index contributed by atoms with van der Waals surface area (Å²) < 4.78 is 45.0. The number of carbonyl (C=O) groups is 1. The van der Waals surface area contributed by atoms with Gasteiger partial charge in [-0.1, -0.05) is 30.3 Å². The van der Waals surface area contributed by atoms with Gasteiger partial charge in [-0.15, -0.1) is 11.3 Å². The second-order valence-electron chi connectivity index (χ2n) is 8.76. The molecule has 0 radical (unpaired) electrons. The quantitative estimate of drug-likeness (QED) is 0.397. The predicted octanol–water partition coefficient (Wildman–Crippen LogP) is 3.88. The molecule has 0 aliphatic carbocycles. The number of thiophene rings is 1. The van der Waals surface area contributed by atoms with Crippen molar-refractivity contribution in [1.82, 2.24) is 9.21 Å². The number of nitrogens with zero attached hydrogens (tertiary/aromatic N) is 2. The smallest absolute Gasteiger partial charge is 0.243 e. The van der Waals surface area contributed by atoms with Crippen LogP contribution in [0.15, 0.2) is 70.9 Å². The minimum absolute atomic E-state index is 0.139. The van der Waals surface area contributed by atoms with Crippen LogP contribution in [0.4, 0.5) is 0 Å². The van der Waals surface area contributed by atoms with Crippen molar-refractivity contribution < 1.29 is 27.4 Å². The lowest BCUT2D eigenvalue weighted by Crippen LogP contribution is -2.45. The fourth-order valence-electron chi connectivity index (χ4n) is 4.34. The van der Waals surface area contributed by atoms with Crippen molar-refractivity contribution in [2.24, 2.45) is 0 Å². The summed E-state index contributed by atoms with van der Waals surface area (Å²) in [5, 5.41) is 1.96. The van der Waals surface area contributed by atoms with Crippen LogP contribution in [-0.4, -0.2) is 56.1 Å². The van der Waals surface area contributed by atoms with Gasteiger partial charge < -0.3 is 19.1 Å². The first-order chi connectivity index (χ1) is 17.5. The molecule has 8 nitrogen and oxygen atoms in total. The molecule has 3 aromatic rings. The van der Waals surface area contributed by atoms with Crippen LogP contribution in [0.1, 0.15) is 23.3 Å². The Morgan fingerprint density at radius 1 is 1.00 bits per heavy atom. The maximum absolute atomic E-state index is 13.7. The van der Waals surface area contributed by atoms with E-state index in [1.807, 2.05) is 35.7 Å². The summed E-state index contributed by atoms with van der Waals surface area (Å²) in [6, 6.07) is 17.7. The number of rotatable bonds is 10. The van der Waals surface area contributed by atoms with Gasteiger partial charge in [0.1, 0.15) is 0 Å². The third kappa shape index (κ3) is 5.73. The SMILES string of the molecule is O=C(CN(CC1CCCO1)S(=O)(=O)c1ccccc1)N(Cc1ccc2c(c1)OCO2)Cc1cccs1. The van der Waals surface area contributed by atoms with Crippen molar-refractivity contribution in [2.75, 3.05) is 26.5 Å². The Kier molecular flexibility index (Phi) is 7.56. The van der Waals surface area contributed by atoms with E-state index < -0.39 is 10.0 Å². The molecule has 2 aromatic carbocycles. The van der Waals surface area contributed by atoms with Gasteiger partial charge in [-0.05, 0) is 54.1 Å². The van der Waals surface area contributed by atoms with Gasteiger partial charge in [-0.25, -0.2) is 8.42 Å². The molecule has 36 heavy (non-hydrogen) atoms. The number of sulfonamides is 1. The molecule has 10 heteroatoms. The van der Waals surface area contributed by atoms with E-state index in [4.69, 9.17) is 14.2 Å². The molecule has 1 aromatic heterocycles. The number of hydrogen-bond acceptors (Lipinski definition) is 7. The predicted molar refractivity (Wildman–Crippen MR) is 135 cm³/mol. The van der Waals surface area contributed by atoms with E-state index in [0.29, 0.717) is 31.2 Å². The summed E-state index contributed by atoms with van der Waals surface area (Å²) in [5.74, 6) is 1.04. The highest BCUT2D eigenvalue weighted by Gasteiger charge is 2.32. The van der Waals surface area contributed by atoms with Crippen LogP contribution >= 0.6 is 11.3 Å². The third-order valence-electron chi connectivity index (χ3n) is 6.21. The van der Waals surface area contributed by atoms with Gasteiger partial charge in [0.15, 0.2) is 11.5 Å². The number of ether oxygens (including phenoxy) is 3. The zero-order valence-corrected chi connectivity index (χ0v) is 21.4. The zero-order valence-electron chi connectivity index (χ0n) is 19.7. The number of hydrogen-bond donors (Lipinski definition) is 0. The summed E-state index contributed by atoms with van der Waals surface area (Å²) in [6.45, 7) is 1.34. The normalized spacial score (nSPS) is 17.0. The maximum atomic E-state index is 13.7. The summed E-state index contributed by atoms with van der Waals surface area (Å²) in [5.41, 5.74) is 0.876. The third-order valence-corrected chi connectivity index (χ3v) is 8.90. The highest BCUT2D eigenvalue weighted by atomic mass is 32.2. The van der Waals surface area contributed by atoms with Crippen molar-refractivity contribution >= 4 is 27.3 Å². The maximum Gasteiger partial charge on any atom is 0.243 e. The fraction of sp³-hybridized carbons (Fsp3) is 0.346. The highest BCUT2D eigenvalue weighted by molar-refractivity contribution is 7.89. The molecule has 0 bridgehead atoms. The molecule has 1 amide bonds. The summed E-state index contributed by atoms with van der Waals surface area (Å²) >= 11 is 1.56. The molecule has 190 valence electrons. The Morgan fingerprint density at radius 2 is 1.83 bits per heavy atom. The van der Waals surface area contributed by atoms with Gasteiger partial charge in [0, 0.05) is 24.6 Å². The molecule has 2 aliphatic heterocycles. The number of fused-ring (bicyclic) bond motifs is 1. The van der Waals surface area contributed by atoms with E-state index in [1.165, 1.54) is 4.31 Å². The minimum atomic E-state index is -3.89. The second kappa shape index (κ2) is 11.0. The van der Waals surface area contributed by atoms with E-state index in [1.54, 1.807) is 46.6 Å². The van der Waals surface area contributed by atoms with Gasteiger partial charge >= 0.3 is 0 Å². The molecule has 1 atom stereocenters. The molecular weight excluding hydrogens is 500 g/mol. The average Bonchev–Trinajstić information content (AvgIpc) is 3.67. The van der Waals surface area contributed by atoms with Crippen molar-refractivity contribution in [3.05, 3.63) is 76.5 Å². The average molecular weight is 529 g/mol. The van der Waals surface area contributed by atoms with E-state index >= 15 is 0 Å². The molecule has 5 rings (SSSR count). The highest BCUT2D eigenvalue weighted by Crippen LogP contribution is 2.33. The van der Waals surface area contributed by atoms with Gasteiger partial charge in [0.2, 0.25) is 22.7 Å². The lowest BCUT2D eigenvalue weighted by atomic mass is 10.2. The topological polar surface area (TPSA) is 85.4 Å². The largest absolute Gasteiger partial charge is 0.454 e. The van der Waals surface area contributed by atoms with Crippen LogP contribution in [0.5, 0.6) is 11.5 Å². The zero-order chi connectivity index (χ0) is 25.0. The van der Waals surface area contributed by atoms with Crippen molar-refractivity contribution in [3.63, 3.8) is 0 Å². The first-order valence-corrected chi connectivity index (χ1v) is 14.2. The monoisotopic (exact) mass is 528 g/mol. The lowest BCUT2D eigenvalue weighted by Gasteiger charge is -2.28. The van der Waals surface area contributed by atoms with E-state index in [2.05, 4.69) is 0 Å². The Hall–Kier alpha value is -2.92. The van der Waals surface area contributed by atoms with Crippen LogP contribution < -0.4 is 9.47 Å². The van der Waals surface area contributed by atoms with Crippen LogP contribution in [0, 0.1) is 0 Å². The fourth-order valence-corrected chi connectivity index (χ4v) is 6.50. The molecule has 0 spiro atoms. The first-order valence-electron chi connectivity index (χ1n) is 11.8. The van der Waals surface area contributed by atoms with Crippen LogP contribution in [0.25, 0.3) is 0 Å². The number of benzene rings is 2. The molecule has 1 saturated heterocycles. The van der Waals surface area contributed by atoms with E-state index in [0.717, 1.165) is 23.3 Å². The lowest BCUT2D eigenvalue weighted by molar-refractivity contribution is -0.132. The Bertz CT molecular complexity index is 1280. The van der Waals surface area contributed by atoms with E-state index in [-0.39, 0.29) is 36.8 Å². The van der Waals surface area contributed by atoms with Gasteiger partial charge in [0.25, 0.3) is 0 Å². The van der Waals surface area contributed by atoms with Gasteiger partial charge in [-0.2, -0.15) is 4.31 Å². The van der Waals surface area contributed by atoms with Crippen molar-refractivity contribution in [3.8, 4) is 11.5 Å². The molecule has 1 fully saturated rings. The van der Waals surface area contributed by atoms with E-state index in [9.17, 15) is 13.2 Å². The molecule has 1 unspecified atom stereocenters. The van der Waals surface area contributed by atoms with Gasteiger partial charge in [-0.3, -0.25) is 4.79 Å². The molecular formula is C26H28N2O6S2. The molecule has 0 saturated carbocycles. The minimum Gasteiger partial charge on any atom is -0.454 e. The van der Waals surface area contributed by atoms with Crippen molar-refractivity contribution in [2.45, 2.75) is 36.9 Å². The van der Waals surface area contributed by atoms with Crippen LogP contribution in [-0.2, 0) is 32.6 Å². The standard InChI is InChI=1S/C26H28N2O6S2/c29-26(18-28(16-21-6-4-12-32-21)36(30,31)23-8-2-1-3-9-23)27(17-22-7-5-13-35-22)15-20-10-11-24-25(14-20)34-19-33-24/h1-3,5,7-11,13-14,21H,4,6,12,15-19H2. The Balaban J connectivity index is 1.39. The molecule has 3 heterocycles. The summed E-state index contributed by atoms with van der Waals surface area (Å²) in [6.07, 6.45) is 1.42. The molecule has 2 aliphatic rings. The van der Waals surface area contributed by atoms with Crippen LogP contribution in [0.2, 0.25) is 0 Å². The second-order valence-corrected chi connectivity index (χ2v) is 11.7.